The van der Waals surface area contributed by atoms with Gasteiger partial charge in [0.15, 0.2) is 0 Å². The van der Waals surface area contributed by atoms with Gasteiger partial charge in [-0.3, -0.25) is 4.68 Å². The molecule has 3 nitrogen and oxygen atoms in total. The highest BCUT2D eigenvalue weighted by Gasteiger charge is 2.29. The van der Waals surface area contributed by atoms with Crippen molar-refractivity contribution in [3.63, 3.8) is 0 Å². The fraction of sp³-hybridized carbons (Fsp3) is 0.800. The Bertz CT molecular complexity index is 427. The molecule has 1 aromatic rings. The Morgan fingerprint density at radius 3 is 2.74 bits per heavy atom. The Hall–Kier alpha value is -0.350. The first-order chi connectivity index (χ1) is 9.02. The molecule has 2 rings (SSSR count). The van der Waals surface area contributed by atoms with Crippen LogP contribution in [0.25, 0.3) is 0 Å². The zero-order valence-corrected chi connectivity index (χ0v) is 14.1. The lowest BCUT2D eigenvalue weighted by atomic mass is 9.76. The maximum absolute atomic E-state index is 4.52. The third-order valence-corrected chi connectivity index (χ3v) is 5.46. The van der Waals surface area contributed by atoms with Crippen molar-refractivity contribution in [2.75, 3.05) is 6.54 Å². The van der Waals surface area contributed by atoms with Crippen LogP contribution in [0.4, 0.5) is 0 Å². The highest BCUT2D eigenvalue weighted by atomic mass is 79.9. The fourth-order valence-electron chi connectivity index (χ4n) is 3.41. The van der Waals surface area contributed by atoms with Crippen LogP contribution in [-0.4, -0.2) is 22.4 Å². The molecule has 0 saturated heterocycles. The van der Waals surface area contributed by atoms with Gasteiger partial charge in [0, 0.05) is 13.1 Å². The molecular formula is C15H26BrN3. The molecular weight excluding hydrogens is 302 g/mol. The summed E-state index contributed by atoms with van der Waals surface area (Å²) >= 11 is 3.70. The van der Waals surface area contributed by atoms with Gasteiger partial charge in [-0.25, -0.2) is 0 Å². The molecule has 1 N–H and O–H groups in total. The topological polar surface area (TPSA) is 29.9 Å². The summed E-state index contributed by atoms with van der Waals surface area (Å²) in [4.78, 5) is 0. The highest BCUT2D eigenvalue weighted by Crippen LogP contribution is 2.33. The first kappa shape index (κ1) is 15.0. The monoisotopic (exact) mass is 327 g/mol. The van der Waals surface area contributed by atoms with Gasteiger partial charge in [0.05, 0.1) is 15.9 Å². The van der Waals surface area contributed by atoms with Gasteiger partial charge in [-0.15, -0.1) is 0 Å². The summed E-state index contributed by atoms with van der Waals surface area (Å²) in [6, 6.07) is 0.670. The van der Waals surface area contributed by atoms with Crippen LogP contribution in [0.1, 0.15) is 44.5 Å². The first-order valence-electron chi connectivity index (χ1n) is 7.44. The van der Waals surface area contributed by atoms with Crippen molar-refractivity contribution in [2.24, 2.45) is 18.9 Å². The lowest BCUT2D eigenvalue weighted by Gasteiger charge is -2.35. The Labute approximate surface area is 125 Å². The third kappa shape index (κ3) is 3.40. The summed E-state index contributed by atoms with van der Waals surface area (Å²) < 4.78 is 3.24. The van der Waals surface area contributed by atoms with E-state index in [9.17, 15) is 0 Å². The number of nitrogens with one attached hydrogen (secondary N) is 1. The molecule has 1 aliphatic rings. The Morgan fingerprint density at radius 2 is 2.16 bits per heavy atom. The van der Waals surface area contributed by atoms with Gasteiger partial charge in [0.2, 0.25) is 0 Å². The molecule has 1 heterocycles. The molecule has 0 aromatic carbocycles. The average molecular weight is 328 g/mol. The van der Waals surface area contributed by atoms with Crippen molar-refractivity contribution in [1.82, 2.24) is 15.1 Å². The smallest absolute Gasteiger partial charge is 0.0738 e. The predicted octanol–water partition coefficient (Wildman–Crippen LogP) is 3.45. The van der Waals surface area contributed by atoms with Gasteiger partial charge in [0.1, 0.15) is 0 Å². The van der Waals surface area contributed by atoms with Crippen molar-refractivity contribution in [3.05, 3.63) is 15.9 Å². The summed E-state index contributed by atoms with van der Waals surface area (Å²) in [6.45, 7) is 7.73. The molecule has 1 aliphatic carbocycles. The van der Waals surface area contributed by atoms with Gasteiger partial charge >= 0.3 is 0 Å². The van der Waals surface area contributed by atoms with Crippen LogP contribution in [0.5, 0.6) is 0 Å². The second-order valence-corrected chi connectivity index (χ2v) is 6.81. The van der Waals surface area contributed by atoms with E-state index in [1.165, 1.54) is 29.4 Å². The SMILES string of the molecule is CCNC1CCC(C)CC1Cc1c(Br)c(C)nn1C. The summed E-state index contributed by atoms with van der Waals surface area (Å²) in [7, 11) is 2.06. The molecule has 19 heavy (non-hydrogen) atoms. The minimum absolute atomic E-state index is 0.670. The number of hydrogen-bond donors (Lipinski definition) is 1. The molecule has 0 aliphatic heterocycles. The van der Waals surface area contributed by atoms with Crippen LogP contribution in [0.2, 0.25) is 0 Å². The molecule has 3 unspecified atom stereocenters. The molecule has 1 fully saturated rings. The molecule has 108 valence electrons. The van der Waals surface area contributed by atoms with Crippen LogP contribution in [-0.2, 0) is 13.5 Å². The maximum Gasteiger partial charge on any atom is 0.0738 e. The molecule has 0 spiro atoms. The van der Waals surface area contributed by atoms with Crippen molar-refractivity contribution >= 4 is 15.9 Å². The van der Waals surface area contributed by atoms with Crippen molar-refractivity contribution in [2.45, 2.75) is 52.5 Å². The Kier molecular flexibility index (Phi) is 5.07. The molecule has 4 heteroatoms. The van der Waals surface area contributed by atoms with Gasteiger partial charge in [-0.05, 0) is 66.9 Å². The Balaban J connectivity index is 2.13. The first-order valence-corrected chi connectivity index (χ1v) is 8.23. The summed E-state index contributed by atoms with van der Waals surface area (Å²) in [5, 5.41) is 8.19. The van der Waals surface area contributed by atoms with Gasteiger partial charge < -0.3 is 5.32 Å². The van der Waals surface area contributed by atoms with E-state index in [0.717, 1.165) is 30.5 Å². The molecule has 0 bridgehead atoms. The summed E-state index contributed by atoms with van der Waals surface area (Å²) in [5.41, 5.74) is 2.45. The van der Waals surface area contributed by atoms with E-state index in [1.54, 1.807) is 0 Å². The number of aromatic nitrogens is 2. The number of nitrogens with zero attached hydrogens (tertiary/aromatic N) is 2. The quantitative estimate of drug-likeness (QED) is 0.917. The molecule has 1 saturated carbocycles. The zero-order chi connectivity index (χ0) is 14.0. The van der Waals surface area contributed by atoms with Crippen LogP contribution in [0.3, 0.4) is 0 Å². The van der Waals surface area contributed by atoms with Gasteiger partial charge in [-0.1, -0.05) is 13.8 Å². The van der Waals surface area contributed by atoms with Crippen molar-refractivity contribution in [1.29, 1.82) is 0 Å². The second kappa shape index (κ2) is 6.40. The number of rotatable bonds is 4. The standard InChI is InChI=1S/C15H26BrN3/c1-5-17-13-7-6-10(2)8-12(13)9-14-15(16)11(3)18-19(14)4/h10,12-13,17H,5-9H2,1-4H3. The third-order valence-electron chi connectivity index (χ3n) is 4.43. The predicted molar refractivity (Wildman–Crippen MR) is 83.3 cm³/mol. The van der Waals surface area contributed by atoms with Crippen molar-refractivity contribution in [3.8, 4) is 0 Å². The average Bonchev–Trinajstić information content (AvgIpc) is 2.59. The molecule has 0 radical (unpaired) electrons. The molecule has 3 atom stereocenters. The summed E-state index contributed by atoms with van der Waals surface area (Å²) in [5.74, 6) is 1.59. The largest absolute Gasteiger partial charge is 0.314 e. The van der Waals surface area contributed by atoms with E-state index in [-0.39, 0.29) is 0 Å². The van der Waals surface area contributed by atoms with Crippen LogP contribution >= 0.6 is 15.9 Å². The van der Waals surface area contributed by atoms with E-state index in [0.29, 0.717) is 6.04 Å². The molecule has 0 amide bonds. The van der Waals surface area contributed by atoms with E-state index < -0.39 is 0 Å². The summed E-state index contributed by atoms with van der Waals surface area (Å²) in [6.07, 6.45) is 5.13. The van der Waals surface area contributed by atoms with Crippen LogP contribution in [0.15, 0.2) is 4.47 Å². The number of halogens is 1. The van der Waals surface area contributed by atoms with E-state index in [1.807, 2.05) is 4.68 Å². The second-order valence-electron chi connectivity index (χ2n) is 6.02. The zero-order valence-electron chi connectivity index (χ0n) is 12.5. The highest BCUT2D eigenvalue weighted by molar-refractivity contribution is 9.10. The maximum atomic E-state index is 4.52. The normalized spacial score (nSPS) is 27.7. The minimum atomic E-state index is 0.670. The van der Waals surface area contributed by atoms with Gasteiger partial charge in [0.25, 0.3) is 0 Å². The number of aryl methyl sites for hydroxylation is 2. The lowest BCUT2D eigenvalue weighted by Crippen LogP contribution is -2.41. The lowest BCUT2D eigenvalue weighted by molar-refractivity contribution is 0.211. The van der Waals surface area contributed by atoms with Gasteiger partial charge in [-0.2, -0.15) is 5.10 Å². The van der Waals surface area contributed by atoms with Crippen LogP contribution < -0.4 is 5.32 Å². The van der Waals surface area contributed by atoms with E-state index in [4.69, 9.17) is 0 Å². The fourth-order valence-corrected chi connectivity index (χ4v) is 3.90. The van der Waals surface area contributed by atoms with E-state index >= 15 is 0 Å². The number of hydrogen-bond acceptors (Lipinski definition) is 2. The van der Waals surface area contributed by atoms with Crippen LogP contribution in [0, 0.1) is 18.8 Å². The molecule has 1 aromatic heterocycles. The Morgan fingerprint density at radius 1 is 1.42 bits per heavy atom. The van der Waals surface area contributed by atoms with Crippen molar-refractivity contribution < 1.29 is 0 Å². The van der Waals surface area contributed by atoms with E-state index in [2.05, 4.69) is 54.2 Å². The minimum Gasteiger partial charge on any atom is -0.314 e.